The van der Waals surface area contributed by atoms with E-state index in [0.717, 1.165) is 34.3 Å². The summed E-state index contributed by atoms with van der Waals surface area (Å²) < 4.78 is 0. The van der Waals surface area contributed by atoms with Gasteiger partial charge in [-0.25, -0.2) is 4.79 Å². The second kappa shape index (κ2) is 9.09. The van der Waals surface area contributed by atoms with Gasteiger partial charge in [-0.15, -0.1) is 0 Å². The van der Waals surface area contributed by atoms with Crippen LogP contribution in [0.25, 0.3) is 17.0 Å². The molecule has 0 amide bonds. The Labute approximate surface area is 177 Å². The molecular formula is C25H27N3O2. The number of benzene rings is 2. The number of aromatic carboxylic acids is 1. The van der Waals surface area contributed by atoms with Gasteiger partial charge in [0.25, 0.3) is 0 Å². The molecule has 2 heterocycles. The largest absolute Gasteiger partial charge is 0.478 e. The lowest BCUT2D eigenvalue weighted by atomic mass is 10.1. The lowest BCUT2D eigenvalue weighted by Crippen LogP contribution is -2.18. The van der Waals surface area contributed by atoms with E-state index in [1.807, 2.05) is 18.3 Å². The lowest BCUT2D eigenvalue weighted by molar-refractivity contribution is 0.0697. The van der Waals surface area contributed by atoms with E-state index < -0.39 is 5.97 Å². The number of fused-ring (bicyclic) bond motifs is 1. The Balaban J connectivity index is 1.41. The van der Waals surface area contributed by atoms with Crippen LogP contribution in [0, 0.1) is 0 Å². The number of carboxylic acids is 1. The van der Waals surface area contributed by atoms with Crippen molar-refractivity contribution < 1.29 is 9.90 Å². The zero-order valence-electron chi connectivity index (χ0n) is 17.3. The molecule has 0 saturated carbocycles. The molecule has 2 aromatic carbocycles. The van der Waals surface area contributed by atoms with Gasteiger partial charge in [-0.2, -0.15) is 0 Å². The molecule has 1 aromatic heterocycles. The second-order valence-electron chi connectivity index (χ2n) is 8.01. The minimum atomic E-state index is -0.906. The number of pyridine rings is 1. The van der Waals surface area contributed by atoms with Crippen molar-refractivity contribution in [3.05, 3.63) is 77.0 Å². The number of nitrogens with one attached hydrogen (secondary N) is 1. The van der Waals surface area contributed by atoms with Crippen LogP contribution >= 0.6 is 0 Å². The number of anilines is 1. The first-order chi connectivity index (χ1) is 14.6. The Bertz CT molecular complexity index is 1070. The summed E-state index contributed by atoms with van der Waals surface area (Å²) in [5, 5.41) is 13.6. The molecule has 0 radical (unpaired) electrons. The summed E-state index contributed by atoms with van der Waals surface area (Å²) in [6.45, 7) is 6.16. The van der Waals surface area contributed by atoms with E-state index in [1.165, 1.54) is 31.5 Å². The number of nitrogens with zero attached hydrogens (tertiary/aromatic N) is 2. The molecule has 0 unspecified atom stereocenters. The highest BCUT2D eigenvalue weighted by Gasteiger charge is 2.12. The normalized spacial score (nSPS) is 14.9. The summed E-state index contributed by atoms with van der Waals surface area (Å²) in [7, 11) is 0. The zero-order valence-corrected chi connectivity index (χ0v) is 17.3. The standard InChI is InChI=1S/C25H27N3O2/c1-18(12-19-4-7-21(8-5-19)25(29)30)15-26-23-14-22-13-20(6-9-24(22)27-16-23)17-28-10-2-3-11-28/h4-9,12-14,16,26H,2-3,10-11,15,17H2,1H3,(H,29,30)/b18-12+. The fourth-order valence-corrected chi connectivity index (χ4v) is 3.87. The van der Waals surface area contributed by atoms with Gasteiger partial charge in [0.1, 0.15) is 0 Å². The molecule has 5 heteroatoms. The summed E-state index contributed by atoms with van der Waals surface area (Å²) in [5.74, 6) is -0.906. The average Bonchev–Trinajstić information content (AvgIpc) is 3.25. The van der Waals surface area contributed by atoms with Crippen molar-refractivity contribution >= 4 is 28.6 Å². The molecule has 154 valence electrons. The van der Waals surface area contributed by atoms with Gasteiger partial charge in [0.05, 0.1) is 23.0 Å². The Kier molecular flexibility index (Phi) is 6.10. The van der Waals surface area contributed by atoms with E-state index in [-0.39, 0.29) is 0 Å². The van der Waals surface area contributed by atoms with E-state index in [9.17, 15) is 4.79 Å². The topological polar surface area (TPSA) is 65.5 Å². The average molecular weight is 402 g/mol. The van der Waals surface area contributed by atoms with Crippen molar-refractivity contribution in [2.24, 2.45) is 0 Å². The smallest absolute Gasteiger partial charge is 0.335 e. The van der Waals surface area contributed by atoms with E-state index in [4.69, 9.17) is 5.11 Å². The minimum absolute atomic E-state index is 0.300. The number of carboxylic acid groups (broad SMARTS) is 1. The number of hydrogen-bond acceptors (Lipinski definition) is 4. The van der Waals surface area contributed by atoms with Gasteiger partial charge in [-0.05, 0) is 74.3 Å². The molecule has 3 aromatic rings. The van der Waals surface area contributed by atoms with Gasteiger partial charge < -0.3 is 10.4 Å². The molecule has 1 fully saturated rings. The Hall–Kier alpha value is -3.18. The first kappa shape index (κ1) is 20.1. The third-order valence-corrected chi connectivity index (χ3v) is 5.49. The van der Waals surface area contributed by atoms with Gasteiger partial charge in [0, 0.05) is 18.5 Å². The molecule has 0 bridgehead atoms. The highest BCUT2D eigenvalue weighted by molar-refractivity contribution is 5.87. The van der Waals surface area contributed by atoms with Crippen LogP contribution in [0.2, 0.25) is 0 Å². The van der Waals surface area contributed by atoms with Crippen molar-refractivity contribution in [2.45, 2.75) is 26.3 Å². The number of likely N-dealkylation sites (tertiary alicyclic amines) is 1. The van der Waals surface area contributed by atoms with Gasteiger partial charge in [-0.1, -0.05) is 29.8 Å². The third kappa shape index (κ3) is 5.05. The molecule has 1 saturated heterocycles. The van der Waals surface area contributed by atoms with Gasteiger partial charge >= 0.3 is 5.97 Å². The van der Waals surface area contributed by atoms with E-state index in [2.05, 4.69) is 52.5 Å². The molecule has 4 rings (SSSR count). The lowest BCUT2D eigenvalue weighted by Gasteiger charge is -2.15. The van der Waals surface area contributed by atoms with Crippen molar-refractivity contribution in [3.63, 3.8) is 0 Å². The predicted octanol–water partition coefficient (Wildman–Crippen LogP) is 5.04. The third-order valence-electron chi connectivity index (χ3n) is 5.49. The molecule has 30 heavy (non-hydrogen) atoms. The van der Waals surface area contributed by atoms with Crippen LogP contribution in [0.15, 0.2) is 60.3 Å². The van der Waals surface area contributed by atoms with Crippen LogP contribution in [0.4, 0.5) is 5.69 Å². The van der Waals surface area contributed by atoms with Crippen molar-refractivity contribution in [1.82, 2.24) is 9.88 Å². The van der Waals surface area contributed by atoms with Crippen LogP contribution in [0.3, 0.4) is 0 Å². The summed E-state index contributed by atoms with van der Waals surface area (Å²) in [6, 6.07) is 15.6. The quantitative estimate of drug-likeness (QED) is 0.580. The highest BCUT2D eigenvalue weighted by Crippen LogP contribution is 2.21. The fraction of sp³-hybridized carbons (Fsp3) is 0.280. The number of carbonyl (C=O) groups is 1. The maximum absolute atomic E-state index is 11.0. The Morgan fingerprint density at radius 3 is 2.63 bits per heavy atom. The van der Waals surface area contributed by atoms with Crippen LogP contribution in [0.5, 0.6) is 0 Å². The molecule has 0 spiro atoms. The summed E-state index contributed by atoms with van der Waals surface area (Å²) in [4.78, 5) is 18.1. The molecule has 0 aliphatic carbocycles. The Morgan fingerprint density at radius 1 is 1.13 bits per heavy atom. The van der Waals surface area contributed by atoms with Gasteiger partial charge in [0.2, 0.25) is 0 Å². The number of rotatable bonds is 7. The number of hydrogen-bond donors (Lipinski definition) is 2. The molecule has 1 aliphatic rings. The SMILES string of the molecule is C/C(=C\c1ccc(C(=O)O)cc1)CNc1cnc2ccc(CN3CCCC3)cc2c1. The minimum Gasteiger partial charge on any atom is -0.478 e. The molecule has 0 atom stereocenters. The zero-order chi connectivity index (χ0) is 20.9. The summed E-state index contributed by atoms with van der Waals surface area (Å²) in [6.07, 6.45) is 6.54. The first-order valence-electron chi connectivity index (χ1n) is 10.4. The monoisotopic (exact) mass is 401 g/mol. The van der Waals surface area contributed by atoms with Crippen LogP contribution in [0.1, 0.15) is 41.3 Å². The Morgan fingerprint density at radius 2 is 1.90 bits per heavy atom. The molecular weight excluding hydrogens is 374 g/mol. The molecule has 2 N–H and O–H groups in total. The summed E-state index contributed by atoms with van der Waals surface area (Å²) >= 11 is 0. The maximum Gasteiger partial charge on any atom is 0.335 e. The first-order valence-corrected chi connectivity index (χ1v) is 10.4. The van der Waals surface area contributed by atoms with Crippen molar-refractivity contribution in [2.75, 3.05) is 25.0 Å². The van der Waals surface area contributed by atoms with E-state index >= 15 is 0 Å². The second-order valence-corrected chi connectivity index (χ2v) is 8.01. The van der Waals surface area contributed by atoms with Crippen LogP contribution in [-0.2, 0) is 6.54 Å². The molecule has 1 aliphatic heterocycles. The van der Waals surface area contributed by atoms with Gasteiger partial charge in [0.15, 0.2) is 0 Å². The summed E-state index contributed by atoms with van der Waals surface area (Å²) in [5.41, 5.74) is 5.79. The molecule has 5 nitrogen and oxygen atoms in total. The van der Waals surface area contributed by atoms with E-state index in [1.54, 1.807) is 12.1 Å². The van der Waals surface area contributed by atoms with E-state index in [0.29, 0.717) is 12.1 Å². The number of aromatic nitrogens is 1. The predicted molar refractivity (Wildman–Crippen MR) is 122 cm³/mol. The maximum atomic E-state index is 11.0. The fourth-order valence-electron chi connectivity index (χ4n) is 3.87. The van der Waals surface area contributed by atoms with Crippen molar-refractivity contribution in [3.8, 4) is 0 Å². The van der Waals surface area contributed by atoms with Crippen LogP contribution < -0.4 is 5.32 Å². The highest BCUT2D eigenvalue weighted by atomic mass is 16.4. The van der Waals surface area contributed by atoms with Crippen molar-refractivity contribution in [1.29, 1.82) is 0 Å². The van der Waals surface area contributed by atoms with Crippen LogP contribution in [-0.4, -0.2) is 40.6 Å². The van der Waals surface area contributed by atoms with Gasteiger partial charge in [-0.3, -0.25) is 9.88 Å².